The van der Waals surface area contributed by atoms with Gasteiger partial charge in [0.25, 0.3) is 0 Å². The molecule has 1 aliphatic rings. The van der Waals surface area contributed by atoms with Crippen LogP contribution < -0.4 is 11.1 Å². The largest absolute Gasteiger partial charge is 0.399 e. The van der Waals surface area contributed by atoms with Crippen molar-refractivity contribution in [3.05, 3.63) is 18.2 Å². The lowest BCUT2D eigenvalue weighted by Gasteiger charge is -2.34. The number of fused-ring (bicyclic) bond motifs is 1. The number of urea groups is 1. The van der Waals surface area contributed by atoms with Crippen molar-refractivity contribution in [2.45, 2.75) is 26.1 Å². The molecule has 21 heavy (non-hydrogen) atoms. The maximum Gasteiger partial charge on any atom is 0.323 e. The number of nitrogens with one attached hydrogen (secondary N) is 1. The van der Waals surface area contributed by atoms with Crippen molar-refractivity contribution >= 4 is 38.4 Å². The number of benzene rings is 1. The molecule has 1 aliphatic heterocycles. The van der Waals surface area contributed by atoms with E-state index in [0.29, 0.717) is 23.9 Å². The van der Waals surface area contributed by atoms with Crippen molar-refractivity contribution in [2.75, 3.05) is 24.1 Å². The van der Waals surface area contributed by atoms with Crippen molar-refractivity contribution in [3.8, 4) is 0 Å². The van der Waals surface area contributed by atoms with Crippen molar-refractivity contribution < 1.29 is 9.53 Å². The first-order valence-corrected chi connectivity index (χ1v) is 7.70. The Bertz CT molecular complexity index is 662. The summed E-state index contributed by atoms with van der Waals surface area (Å²) >= 11 is 1.42. The second kappa shape index (κ2) is 5.50. The zero-order valence-corrected chi connectivity index (χ0v) is 12.8. The van der Waals surface area contributed by atoms with Crippen molar-refractivity contribution in [1.29, 1.82) is 0 Å². The Hall–Kier alpha value is -1.86. The summed E-state index contributed by atoms with van der Waals surface area (Å²) in [5.74, 6) is 0. The van der Waals surface area contributed by atoms with Crippen LogP contribution in [0.25, 0.3) is 10.2 Å². The quantitative estimate of drug-likeness (QED) is 0.793. The summed E-state index contributed by atoms with van der Waals surface area (Å²) in [5, 5.41) is 3.45. The summed E-state index contributed by atoms with van der Waals surface area (Å²) in [5.41, 5.74) is 7.29. The van der Waals surface area contributed by atoms with Gasteiger partial charge in [0.05, 0.1) is 22.4 Å². The van der Waals surface area contributed by atoms with Gasteiger partial charge in [-0.1, -0.05) is 11.3 Å². The standard InChI is InChI=1S/C14H18N4O2S/c1-8-6-18(7-9(2)20-8)14(19)17-13-16-11-4-3-10(15)5-12(11)21-13/h3-5,8-9H,6-7,15H2,1-2H3,(H,16,17,19). The van der Waals surface area contributed by atoms with E-state index >= 15 is 0 Å². The molecule has 2 heterocycles. The molecule has 0 aliphatic carbocycles. The fourth-order valence-corrected chi connectivity index (χ4v) is 3.41. The highest BCUT2D eigenvalue weighted by Crippen LogP contribution is 2.27. The van der Waals surface area contributed by atoms with Crippen LogP contribution in [0.1, 0.15) is 13.8 Å². The fourth-order valence-electron chi connectivity index (χ4n) is 2.51. The lowest BCUT2D eigenvalue weighted by molar-refractivity contribution is -0.0530. The van der Waals surface area contributed by atoms with Crippen LogP contribution >= 0.6 is 11.3 Å². The van der Waals surface area contributed by atoms with Crippen LogP contribution in [0.4, 0.5) is 15.6 Å². The molecule has 0 saturated carbocycles. The first kappa shape index (κ1) is 14.1. The molecule has 0 spiro atoms. The van der Waals surface area contributed by atoms with E-state index in [2.05, 4.69) is 10.3 Å². The third kappa shape index (κ3) is 3.08. The molecule has 0 radical (unpaired) electrons. The van der Waals surface area contributed by atoms with Gasteiger partial charge in [0.2, 0.25) is 0 Å². The van der Waals surface area contributed by atoms with Crippen LogP contribution in [0.15, 0.2) is 18.2 Å². The number of hydrogen-bond acceptors (Lipinski definition) is 5. The third-order valence-corrected chi connectivity index (χ3v) is 4.27. The summed E-state index contributed by atoms with van der Waals surface area (Å²) in [6.45, 7) is 5.12. The SMILES string of the molecule is CC1CN(C(=O)Nc2nc3ccc(N)cc3s2)CC(C)O1. The number of nitrogen functional groups attached to an aromatic ring is 1. The van der Waals surface area contributed by atoms with E-state index in [-0.39, 0.29) is 18.2 Å². The minimum absolute atomic E-state index is 0.0506. The van der Waals surface area contributed by atoms with Gasteiger partial charge in [0.1, 0.15) is 0 Å². The number of nitrogens with zero attached hydrogens (tertiary/aromatic N) is 2. The lowest BCUT2D eigenvalue weighted by atomic mass is 10.2. The monoisotopic (exact) mass is 306 g/mol. The van der Waals surface area contributed by atoms with Crippen molar-refractivity contribution in [2.24, 2.45) is 0 Å². The van der Waals surface area contributed by atoms with E-state index in [0.717, 1.165) is 10.2 Å². The number of carbonyl (C=O) groups is 1. The number of amides is 2. The highest BCUT2D eigenvalue weighted by molar-refractivity contribution is 7.22. The molecule has 1 saturated heterocycles. The maximum atomic E-state index is 12.3. The molecule has 1 aromatic carbocycles. The van der Waals surface area contributed by atoms with E-state index in [1.165, 1.54) is 11.3 Å². The van der Waals surface area contributed by atoms with Gasteiger partial charge in [-0.25, -0.2) is 9.78 Å². The second-order valence-corrected chi connectivity index (χ2v) is 6.37. The number of ether oxygens (including phenoxy) is 1. The van der Waals surface area contributed by atoms with Crippen molar-refractivity contribution in [1.82, 2.24) is 9.88 Å². The minimum Gasteiger partial charge on any atom is -0.399 e. The van der Waals surface area contributed by atoms with Gasteiger partial charge < -0.3 is 15.4 Å². The molecule has 1 fully saturated rings. The molecular formula is C14H18N4O2S. The van der Waals surface area contributed by atoms with Crippen molar-refractivity contribution in [3.63, 3.8) is 0 Å². The number of thiazole rings is 1. The fraction of sp³-hybridized carbons (Fsp3) is 0.429. The van der Waals surface area contributed by atoms with E-state index in [1.807, 2.05) is 26.0 Å². The Balaban J connectivity index is 1.73. The van der Waals surface area contributed by atoms with Gasteiger partial charge in [-0.2, -0.15) is 0 Å². The summed E-state index contributed by atoms with van der Waals surface area (Å²) in [6.07, 6.45) is 0.101. The van der Waals surface area contributed by atoms with E-state index in [1.54, 1.807) is 11.0 Å². The van der Waals surface area contributed by atoms with Crippen LogP contribution in [0, 0.1) is 0 Å². The van der Waals surface area contributed by atoms with Crippen LogP contribution in [-0.4, -0.2) is 41.2 Å². The normalized spacial score (nSPS) is 22.5. The maximum absolute atomic E-state index is 12.3. The van der Waals surface area contributed by atoms with E-state index in [9.17, 15) is 4.79 Å². The Kier molecular flexibility index (Phi) is 3.69. The topological polar surface area (TPSA) is 80.5 Å². The summed E-state index contributed by atoms with van der Waals surface area (Å²) in [4.78, 5) is 18.5. The first-order valence-electron chi connectivity index (χ1n) is 6.88. The Morgan fingerprint density at radius 1 is 1.43 bits per heavy atom. The molecule has 2 aromatic rings. The van der Waals surface area contributed by atoms with Crippen LogP contribution in [0.5, 0.6) is 0 Å². The molecule has 3 rings (SSSR count). The molecule has 2 atom stereocenters. The number of aromatic nitrogens is 1. The smallest absolute Gasteiger partial charge is 0.323 e. The van der Waals surface area contributed by atoms with Crippen LogP contribution in [0.3, 0.4) is 0 Å². The summed E-state index contributed by atoms with van der Waals surface area (Å²) < 4.78 is 6.60. The predicted octanol–water partition coefficient (Wildman–Crippen LogP) is 2.52. The number of morpholine rings is 1. The van der Waals surface area contributed by atoms with Gasteiger partial charge in [0.15, 0.2) is 5.13 Å². The molecule has 112 valence electrons. The highest BCUT2D eigenvalue weighted by atomic mass is 32.1. The highest BCUT2D eigenvalue weighted by Gasteiger charge is 2.26. The molecular weight excluding hydrogens is 288 g/mol. The summed E-state index contributed by atoms with van der Waals surface area (Å²) in [6, 6.07) is 5.39. The first-order chi connectivity index (χ1) is 10.0. The van der Waals surface area contributed by atoms with Gasteiger partial charge >= 0.3 is 6.03 Å². The molecule has 1 aromatic heterocycles. The Morgan fingerprint density at radius 2 is 2.14 bits per heavy atom. The minimum atomic E-state index is -0.135. The number of rotatable bonds is 1. The average Bonchev–Trinajstić information content (AvgIpc) is 2.78. The zero-order valence-electron chi connectivity index (χ0n) is 12.0. The van der Waals surface area contributed by atoms with Gasteiger partial charge in [0, 0.05) is 18.8 Å². The average molecular weight is 306 g/mol. The van der Waals surface area contributed by atoms with Crippen LogP contribution in [-0.2, 0) is 4.74 Å². The number of carbonyl (C=O) groups excluding carboxylic acids is 1. The molecule has 7 heteroatoms. The molecule has 6 nitrogen and oxygen atoms in total. The number of anilines is 2. The van der Waals surface area contributed by atoms with E-state index in [4.69, 9.17) is 10.5 Å². The van der Waals surface area contributed by atoms with Gasteiger partial charge in [-0.05, 0) is 32.0 Å². The Labute approximate surface area is 126 Å². The Morgan fingerprint density at radius 3 is 2.86 bits per heavy atom. The second-order valence-electron chi connectivity index (χ2n) is 5.34. The molecule has 0 bridgehead atoms. The lowest BCUT2D eigenvalue weighted by Crippen LogP contribution is -2.49. The van der Waals surface area contributed by atoms with E-state index < -0.39 is 0 Å². The number of hydrogen-bond donors (Lipinski definition) is 2. The predicted molar refractivity (Wildman–Crippen MR) is 84.6 cm³/mol. The molecule has 2 unspecified atom stereocenters. The zero-order chi connectivity index (χ0) is 15.0. The number of nitrogens with two attached hydrogens (primary N) is 1. The third-order valence-electron chi connectivity index (χ3n) is 3.33. The van der Waals surface area contributed by atoms with Gasteiger partial charge in [-0.15, -0.1) is 0 Å². The summed E-state index contributed by atoms with van der Waals surface area (Å²) in [7, 11) is 0. The van der Waals surface area contributed by atoms with Gasteiger partial charge in [-0.3, -0.25) is 5.32 Å². The van der Waals surface area contributed by atoms with Crippen LogP contribution in [0.2, 0.25) is 0 Å². The molecule has 3 N–H and O–H groups in total. The molecule has 2 amide bonds.